The summed E-state index contributed by atoms with van der Waals surface area (Å²) < 4.78 is 8.84. The zero-order valence-electron chi connectivity index (χ0n) is 20.6. The van der Waals surface area contributed by atoms with Gasteiger partial charge < -0.3 is 26.2 Å². The predicted octanol–water partition coefficient (Wildman–Crippen LogP) is 2.62. The lowest BCUT2D eigenvalue weighted by atomic mass is 9.73. The number of ether oxygens (including phenoxy) is 1. The molecule has 2 heterocycles. The molecule has 1 aliphatic heterocycles. The van der Waals surface area contributed by atoms with Crippen LogP contribution in [0.1, 0.15) is 48.5 Å². The maximum atomic E-state index is 12.9. The average Bonchev–Trinajstić information content (AvgIpc) is 3.33. The lowest BCUT2D eigenvalue weighted by molar-refractivity contribution is -0.123. The van der Waals surface area contributed by atoms with Gasteiger partial charge in [0.1, 0.15) is 17.9 Å². The molecule has 10 heteroatoms. The summed E-state index contributed by atoms with van der Waals surface area (Å²) in [5.41, 5.74) is 8.21. The minimum atomic E-state index is -0.810. The Balaban J connectivity index is 1.28. The number of hydrogen-bond acceptors (Lipinski definition) is 7. The van der Waals surface area contributed by atoms with Gasteiger partial charge in [-0.15, -0.1) is 5.10 Å². The molecule has 196 valence electrons. The Hall–Kier alpha value is -2.79. The topological polar surface area (TPSA) is 127 Å². The van der Waals surface area contributed by atoms with Crippen LogP contribution < -0.4 is 21.1 Å². The molecule has 2 aliphatic rings. The number of carbonyl (C=O) groups excluding carboxylic acids is 1. The summed E-state index contributed by atoms with van der Waals surface area (Å²) in [6.07, 6.45) is 5.46. The van der Waals surface area contributed by atoms with Gasteiger partial charge in [-0.1, -0.05) is 51.5 Å². The highest BCUT2D eigenvalue weighted by Crippen LogP contribution is 2.49. The van der Waals surface area contributed by atoms with Crippen molar-refractivity contribution in [2.24, 2.45) is 5.73 Å². The van der Waals surface area contributed by atoms with E-state index in [1.165, 1.54) is 11.1 Å². The minimum Gasteiger partial charge on any atom is -0.487 e. The number of nitrogens with zero attached hydrogens (tertiary/aromatic N) is 3. The molecule has 37 heavy (non-hydrogen) atoms. The molecule has 1 spiro atoms. The maximum absolute atomic E-state index is 12.9. The molecule has 1 aromatic heterocycles. The van der Waals surface area contributed by atoms with Crippen molar-refractivity contribution in [3.63, 3.8) is 0 Å². The number of fused-ring (bicyclic) bond motifs is 1. The average molecular weight is 570 g/mol. The molecule has 5 N–H and O–H groups in total. The van der Waals surface area contributed by atoms with Crippen LogP contribution in [0.15, 0.2) is 59.2 Å². The predicted molar refractivity (Wildman–Crippen MR) is 143 cm³/mol. The third-order valence-electron chi connectivity index (χ3n) is 7.30. The summed E-state index contributed by atoms with van der Waals surface area (Å²) >= 11 is 3.58. The Morgan fingerprint density at radius 1 is 1.27 bits per heavy atom. The van der Waals surface area contributed by atoms with Crippen molar-refractivity contribution >= 4 is 21.8 Å². The van der Waals surface area contributed by atoms with Gasteiger partial charge in [-0.25, -0.2) is 4.68 Å². The van der Waals surface area contributed by atoms with E-state index in [0.29, 0.717) is 18.7 Å². The molecule has 5 rings (SSSR count). The SMILES string of the molecule is NCc1cn(CC(=O)N[C@@H](Cc2ccccc2)[C@@H](O)CN[C@H]2CC3(CCC3)Oc3ccc(Br)cc32)nn1. The van der Waals surface area contributed by atoms with Crippen LogP contribution in [-0.4, -0.2) is 50.3 Å². The van der Waals surface area contributed by atoms with Crippen LogP contribution >= 0.6 is 15.9 Å². The van der Waals surface area contributed by atoms with Crippen molar-refractivity contribution in [3.8, 4) is 5.75 Å². The smallest absolute Gasteiger partial charge is 0.242 e. The molecule has 3 aromatic rings. The normalized spacial score (nSPS) is 19.4. The Morgan fingerprint density at radius 3 is 2.78 bits per heavy atom. The molecule has 3 atom stereocenters. The van der Waals surface area contributed by atoms with E-state index in [4.69, 9.17) is 10.5 Å². The fraction of sp³-hybridized carbons (Fsp3) is 0.444. The summed E-state index contributed by atoms with van der Waals surface area (Å²) in [5, 5.41) is 25.8. The van der Waals surface area contributed by atoms with Gasteiger partial charge >= 0.3 is 0 Å². The maximum Gasteiger partial charge on any atom is 0.242 e. The number of aliphatic hydroxyl groups excluding tert-OH is 1. The molecule has 0 saturated heterocycles. The Morgan fingerprint density at radius 2 is 2.08 bits per heavy atom. The number of aliphatic hydroxyl groups is 1. The summed E-state index contributed by atoms with van der Waals surface area (Å²) in [4.78, 5) is 12.9. The standard InChI is InChI=1S/C27H33BrN6O3/c28-19-7-8-25-21(12-19)23(13-27(37-25)9-4-10-27)30-15-24(35)22(11-18-5-2-1-3-6-18)31-26(36)17-34-16-20(14-29)32-33-34/h1-3,5-8,12,16,22-24,30,35H,4,9-11,13-15,17,29H2,(H,31,36)/t22-,23-,24-/m0/s1. The minimum absolute atomic E-state index is 0.00231. The fourth-order valence-corrected chi connectivity index (χ4v) is 5.55. The summed E-state index contributed by atoms with van der Waals surface area (Å²) in [6.45, 7) is 0.587. The largest absolute Gasteiger partial charge is 0.487 e. The summed E-state index contributed by atoms with van der Waals surface area (Å²) in [7, 11) is 0. The van der Waals surface area contributed by atoms with Gasteiger partial charge in [0.05, 0.1) is 24.0 Å². The lowest BCUT2D eigenvalue weighted by Gasteiger charge is -2.48. The lowest BCUT2D eigenvalue weighted by Crippen LogP contribution is -2.52. The molecule has 1 saturated carbocycles. The van der Waals surface area contributed by atoms with E-state index in [9.17, 15) is 9.90 Å². The summed E-state index contributed by atoms with van der Waals surface area (Å²) in [6, 6.07) is 15.5. The molecule has 0 unspecified atom stereocenters. The molecular weight excluding hydrogens is 536 g/mol. The Kier molecular flexibility index (Phi) is 7.89. The third kappa shape index (κ3) is 6.20. The van der Waals surface area contributed by atoms with E-state index in [2.05, 4.69) is 42.9 Å². The van der Waals surface area contributed by atoms with Crippen LogP contribution in [0.25, 0.3) is 0 Å². The van der Waals surface area contributed by atoms with Crippen molar-refractivity contribution < 1.29 is 14.6 Å². The highest BCUT2D eigenvalue weighted by Gasteiger charge is 2.45. The fourth-order valence-electron chi connectivity index (χ4n) is 5.17. The molecule has 2 aromatic carbocycles. The number of carbonyl (C=O) groups is 1. The van der Waals surface area contributed by atoms with Gasteiger partial charge in [0.25, 0.3) is 0 Å². The number of amides is 1. The second kappa shape index (κ2) is 11.3. The summed E-state index contributed by atoms with van der Waals surface area (Å²) in [5.74, 6) is 0.655. The van der Waals surface area contributed by atoms with Gasteiger partial charge in [-0.05, 0) is 49.4 Å². The molecule has 1 amide bonds. The van der Waals surface area contributed by atoms with Gasteiger partial charge in [-0.3, -0.25) is 4.79 Å². The van der Waals surface area contributed by atoms with E-state index in [1.54, 1.807) is 6.20 Å². The number of benzene rings is 2. The van der Waals surface area contributed by atoms with Gasteiger partial charge in [0.15, 0.2) is 0 Å². The number of rotatable bonds is 10. The van der Waals surface area contributed by atoms with Crippen LogP contribution in [0, 0.1) is 0 Å². The first kappa shape index (κ1) is 25.8. The van der Waals surface area contributed by atoms with Crippen molar-refractivity contribution in [2.75, 3.05) is 6.54 Å². The van der Waals surface area contributed by atoms with E-state index < -0.39 is 12.1 Å². The van der Waals surface area contributed by atoms with Crippen LogP contribution in [0.4, 0.5) is 0 Å². The van der Waals surface area contributed by atoms with Crippen molar-refractivity contribution in [1.29, 1.82) is 0 Å². The van der Waals surface area contributed by atoms with Gasteiger partial charge in [0.2, 0.25) is 5.91 Å². The van der Waals surface area contributed by atoms with Crippen LogP contribution in [0.2, 0.25) is 0 Å². The first-order valence-electron chi connectivity index (χ1n) is 12.8. The third-order valence-corrected chi connectivity index (χ3v) is 7.79. The zero-order chi connectivity index (χ0) is 25.8. The van der Waals surface area contributed by atoms with Crippen LogP contribution in [-0.2, 0) is 24.3 Å². The Labute approximate surface area is 224 Å². The monoisotopic (exact) mass is 568 g/mol. The molecule has 9 nitrogen and oxygen atoms in total. The van der Waals surface area contributed by atoms with Crippen LogP contribution in [0.5, 0.6) is 5.75 Å². The van der Waals surface area contributed by atoms with E-state index in [-0.39, 0.29) is 30.6 Å². The first-order valence-corrected chi connectivity index (χ1v) is 13.5. The molecular formula is C27H33BrN6O3. The van der Waals surface area contributed by atoms with E-state index in [0.717, 1.165) is 40.6 Å². The molecule has 1 fully saturated rings. The molecule has 0 radical (unpaired) electrons. The number of nitrogens with two attached hydrogens (primary N) is 1. The second-order valence-electron chi connectivity index (χ2n) is 10.0. The van der Waals surface area contributed by atoms with Crippen LogP contribution in [0.3, 0.4) is 0 Å². The van der Waals surface area contributed by atoms with Gasteiger partial charge in [0, 0.05) is 35.6 Å². The van der Waals surface area contributed by atoms with Gasteiger partial charge in [-0.2, -0.15) is 0 Å². The highest BCUT2D eigenvalue weighted by atomic mass is 79.9. The quantitative estimate of drug-likeness (QED) is 0.296. The number of halogens is 1. The van der Waals surface area contributed by atoms with E-state index >= 15 is 0 Å². The van der Waals surface area contributed by atoms with Crippen molar-refractivity contribution in [1.82, 2.24) is 25.6 Å². The number of aromatic nitrogens is 3. The highest BCUT2D eigenvalue weighted by molar-refractivity contribution is 9.10. The second-order valence-corrected chi connectivity index (χ2v) is 10.9. The Bertz CT molecular complexity index is 1220. The zero-order valence-corrected chi connectivity index (χ0v) is 22.2. The van der Waals surface area contributed by atoms with Crippen molar-refractivity contribution in [2.45, 2.75) is 69.0 Å². The van der Waals surface area contributed by atoms with E-state index in [1.807, 2.05) is 42.5 Å². The first-order chi connectivity index (χ1) is 17.9. The van der Waals surface area contributed by atoms with Crippen molar-refractivity contribution in [3.05, 3.63) is 76.0 Å². The molecule has 1 aliphatic carbocycles. The number of hydrogen-bond donors (Lipinski definition) is 4. The number of nitrogens with one attached hydrogen (secondary N) is 2. The molecule has 0 bridgehead atoms.